The van der Waals surface area contributed by atoms with Gasteiger partial charge >= 0.3 is 5.97 Å². The maximum absolute atomic E-state index is 13.0. The van der Waals surface area contributed by atoms with Crippen LogP contribution in [0.5, 0.6) is 0 Å². The first-order valence-corrected chi connectivity index (χ1v) is 9.50. The summed E-state index contributed by atoms with van der Waals surface area (Å²) >= 11 is 6.18. The van der Waals surface area contributed by atoms with E-state index in [-0.39, 0.29) is 11.9 Å². The number of carbonyl (C=O) groups is 1. The first-order valence-electron chi connectivity index (χ1n) is 9.12. The summed E-state index contributed by atoms with van der Waals surface area (Å²) in [4.78, 5) is 17.9. The Bertz CT molecular complexity index is 1020. The SMILES string of the molecule is Cc1cc(C)c2nc(-c3cccc(Cl)c3)c(C)c(C(=O)OCC(C)C)c2c1. The van der Waals surface area contributed by atoms with Crippen molar-refractivity contribution in [2.75, 3.05) is 6.61 Å². The van der Waals surface area contributed by atoms with Gasteiger partial charge in [0.2, 0.25) is 0 Å². The van der Waals surface area contributed by atoms with E-state index in [1.54, 1.807) is 0 Å². The molecule has 0 aliphatic heterocycles. The Morgan fingerprint density at radius 2 is 1.89 bits per heavy atom. The molecule has 1 heterocycles. The molecule has 0 unspecified atom stereocenters. The number of aryl methyl sites for hydroxylation is 2. The van der Waals surface area contributed by atoms with Gasteiger partial charge in [-0.05, 0) is 56.0 Å². The third kappa shape index (κ3) is 3.98. The van der Waals surface area contributed by atoms with Crippen molar-refractivity contribution in [3.63, 3.8) is 0 Å². The summed E-state index contributed by atoms with van der Waals surface area (Å²) in [6.45, 7) is 10.4. The summed E-state index contributed by atoms with van der Waals surface area (Å²) in [6, 6.07) is 11.6. The number of halogens is 1. The number of fused-ring (bicyclic) bond motifs is 1. The molecule has 0 aliphatic carbocycles. The van der Waals surface area contributed by atoms with Gasteiger partial charge in [0.15, 0.2) is 0 Å². The van der Waals surface area contributed by atoms with Crippen LogP contribution in [0.3, 0.4) is 0 Å². The molecule has 1 aromatic heterocycles. The van der Waals surface area contributed by atoms with E-state index in [2.05, 4.69) is 6.07 Å². The Morgan fingerprint density at radius 1 is 1.15 bits per heavy atom. The van der Waals surface area contributed by atoms with Crippen molar-refractivity contribution in [2.45, 2.75) is 34.6 Å². The van der Waals surface area contributed by atoms with Crippen molar-refractivity contribution in [3.8, 4) is 11.3 Å². The molecule has 3 rings (SSSR count). The average molecular weight is 382 g/mol. The fourth-order valence-corrected chi connectivity index (χ4v) is 3.50. The van der Waals surface area contributed by atoms with Crippen molar-refractivity contribution < 1.29 is 9.53 Å². The number of aromatic nitrogens is 1. The molecule has 0 N–H and O–H groups in total. The lowest BCUT2D eigenvalue weighted by Gasteiger charge is -2.16. The highest BCUT2D eigenvalue weighted by Crippen LogP contribution is 2.33. The van der Waals surface area contributed by atoms with Gasteiger partial charge in [-0.3, -0.25) is 0 Å². The maximum Gasteiger partial charge on any atom is 0.339 e. The van der Waals surface area contributed by atoms with Crippen LogP contribution in [0, 0.1) is 26.7 Å². The lowest BCUT2D eigenvalue weighted by Crippen LogP contribution is -2.13. The summed E-state index contributed by atoms with van der Waals surface area (Å²) in [5, 5.41) is 1.47. The van der Waals surface area contributed by atoms with Crippen LogP contribution in [0.25, 0.3) is 22.2 Å². The number of pyridine rings is 1. The average Bonchev–Trinajstić information content (AvgIpc) is 2.59. The molecule has 0 fully saturated rings. The monoisotopic (exact) mass is 381 g/mol. The van der Waals surface area contributed by atoms with E-state index < -0.39 is 0 Å². The topological polar surface area (TPSA) is 39.2 Å². The molecule has 2 aromatic carbocycles. The Labute approximate surface area is 165 Å². The number of nitrogens with zero attached hydrogens (tertiary/aromatic N) is 1. The standard InChI is InChI=1S/C23H24ClNO2/c1-13(2)12-27-23(26)20-16(5)22(17-7-6-8-18(24)11-17)25-21-15(4)9-14(3)10-19(20)21/h6-11,13H,12H2,1-5H3. The first-order chi connectivity index (χ1) is 12.8. The highest BCUT2D eigenvalue weighted by Gasteiger charge is 2.21. The van der Waals surface area contributed by atoms with E-state index in [4.69, 9.17) is 21.3 Å². The van der Waals surface area contributed by atoms with E-state index >= 15 is 0 Å². The number of carbonyl (C=O) groups excluding carboxylic acids is 1. The number of hydrogen-bond acceptors (Lipinski definition) is 3. The van der Waals surface area contributed by atoms with Crippen LogP contribution >= 0.6 is 11.6 Å². The second-order valence-electron chi connectivity index (χ2n) is 7.44. The van der Waals surface area contributed by atoms with Crippen LogP contribution in [-0.2, 0) is 4.74 Å². The van der Waals surface area contributed by atoms with Gasteiger partial charge in [-0.25, -0.2) is 9.78 Å². The first kappa shape index (κ1) is 19.4. The van der Waals surface area contributed by atoms with E-state index in [1.165, 1.54) is 0 Å². The van der Waals surface area contributed by atoms with Crippen LogP contribution in [0.2, 0.25) is 5.02 Å². The van der Waals surface area contributed by atoms with E-state index in [1.807, 2.05) is 65.0 Å². The van der Waals surface area contributed by atoms with Crippen LogP contribution in [-0.4, -0.2) is 17.6 Å². The minimum absolute atomic E-state index is 0.276. The zero-order valence-corrected chi connectivity index (χ0v) is 17.1. The van der Waals surface area contributed by atoms with Gasteiger partial charge in [0.05, 0.1) is 23.4 Å². The van der Waals surface area contributed by atoms with Crippen molar-refractivity contribution in [2.24, 2.45) is 5.92 Å². The Kier molecular flexibility index (Phi) is 5.52. The van der Waals surface area contributed by atoms with Crippen LogP contribution in [0.1, 0.15) is 40.9 Å². The van der Waals surface area contributed by atoms with Crippen molar-refractivity contribution >= 4 is 28.5 Å². The van der Waals surface area contributed by atoms with Gasteiger partial charge in [-0.15, -0.1) is 0 Å². The summed E-state index contributed by atoms with van der Waals surface area (Å²) in [5.41, 5.74) is 5.98. The highest BCUT2D eigenvalue weighted by atomic mass is 35.5. The third-order valence-electron chi connectivity index (χ3n) is 4.52. The molecule has 0 saturated heterocycles. The lowest BCUT2D eigenvalue weighted by molar-refractivity contribution is 0.0460. The second kappa shape index (κ2) is 7.69. The molecule has 4 heteroatoms. The predicted octanol–water partition coefficient (Wildman–Crippen LogP) is 6.29. The maximum atomic E-state index is 13.0. The van der Waals surface area contributed by atoms with Gasteiger partial charge in [0, 0.05) is 16.0 Å². The second-order valence-corrected chi connectivity index (χ2v) is 7.88. The molecule has 3 aromatic rings. The Morgan fingerprint density at radius 3 is 2.56 bits per heavy atom. The third-order valence-corrected chi connectivity index (χ3v) is 4.75. The molecule has 0 spiro atoms. The zero-order chi connectivity index (χ0) is 19.7. The largest absolute Gasteiger partial charge is 0.462 e. The van der Waals surface area contributed by atoms with E-state index in [0.29, 0.717) is 17.2 Å². The number of benzene rings is 2. The minimum Gasteiger partial charge on any atom is -0.462 e. The van der Waals surface area contributed by atoms with Gasteiger partial charge < -0.3 is 4.74 Å². The summed E-state index contributed by atoms with van der Waals surface area (Å²) < 4.78 is 5.58. The zero-order valence-electron chi connectivity index (χ0n) is 16.4. The molecular weight excluding hydrogens is 358 g/mol. The molecule has 3 nitrogen and oxygen atoms in total. The number of ether oxygens (including phenoxy) is 1. The minimum atomic E-state index is -0.304. The molecule has 27 heavy (non-hydrogen) atoms. The van der Waals surface area contributed by atoms with E-state index in [0.717, 1.165) is 38.9 Å². The van der Waals surface area contributed by atoms with Gasteiger partial charge in [-0.1, -0.05) is 49.2 Å². The lowest BCUT2D eigenvalue weighted by atomic mass is 9.95. The molecule has 0 aliphatic rings. The van der Waals surface area contributed by atoms with E-state index in [9.17, 15) is 4.79 Å². The molecule has 0 radical (unpaired) electrons. The number of esters is 1. The molecule has 0 atom stereocenters. The van der Waals surface area contributed by atoms with Crippen LogP contribution < -0.4 is 0 Å². The number of rotatable bonds is 4. The summed E-state index contributed by atoms with van der Waals surface area (Å²) in [6.07, 6.45) is 0. The fourth-order valence-electron chi connectivity index (χ4n) is 3.31. The van der Waals surface area contributed by atoms with Gasteiger partial charge in [0.1, 0.15) is 0 Å². The molecule has 0 amide bonds. The van der Waals surface area contributed by atoms with Crippen molar-refractivity contribution in [1.29, 1.82) is 0 Å². The molecule has 0 saturated carbocycles. The van der Waals surface area contributed by atoms with Crippen molar-refractivity contribution in [1.82, 2.24) is 4.98 Å². The highest BCUT2D eigenvalue weighted by molar-refractivity contribution is 6.30. The van der Waals surface area contributed by atoms with Gasteiger partial charge in [-0.2, -0.15) is 0 Å². The van der Waals surface area contributed by atoms with Crippen LogP contribution in [0.15, 0.2) is 36.4 Å². The fraction of sp³-hybridized carbons (Fsp3) is 0.304. The summed E-state index contributed by atoms with van der Waals surface area (Å²) in [7, 11) is 0. The summed E-state index contributed by atoms with van der Waals surface area (Å²) in [5.74, 6) is -0.0277. The van der Waals surface area contributed by atoms with Crippen molar-refractivity contribution in [3.05, 3.63) is 63.7 Å². The van der Waals surface area contributed by atoms with Gasteiger partial charge in [0.25, 0.3) is 0 Å². The normalized spacial score (nSPS) is 11.2. The predicted molar refractivity (Wildman–Crippen MR) is 112 cm³/mol. The number of hydrogen-bond donors (Lipinski definition) is 0. The molecular formula is C23H24ClNO2. The Hall–Kier alpha value is -2.39. The Balaban J connectivity index is 2.30. The molecule has 0 bridgehead atoms. The quantitative estimate of drug-likeness (QED) is 0.498. The van der Waals surface area contributed by atoms with Crippen LogP contribution in [0.4, 0.5) is 0 Å². The molecule has 140 valence electrons. The smallest absolute Gasteiger partial charge is 0.339 e.